The summed E-state index contributed by atoms with van der Waals surface area (Å²) >= 11 is 0. The van der Waals surface area contributed by atoms with E-state index in [4.69, 9.17) is 5.73 Å². The van der Waals surface area contributed by atoms with Gasteiger partial charge in [0.1, 0.15) is 0 Å². The Bertz CT molecular complexity index is 1320. The Hall–Kier alpha value is -4.02. The average molecular weight is 393 g/mol. The first-order valence-electron chi connectivity index (χ1n) is 8.83. The van der Waals surface area contributed by atoms with E-state index in [9.17, 15) is 9.59 Å². The largest absolute Gasteiger partial charge is 0.368 e. The number of nitrogens with two attached hydrogens (primary N) is 1. The van der Waals surface area contributed by atoms with Gasteiger partial charge in [-0.1, -0.05) is 18.2 Å². The van der Waals surface area contributed by atoms with Gasteiger partial charge in [-0.25, -0.2) is 9.78 Å². The van der Waals surface area contributed by atoms with E-state index in [0.717, 1.165) is 10.3 Å². The predicted molar refractivity (Wildman–Crippen MR) is 108 cm³/mol. The standard InChI is InChI=1S/C18H19N9O2/c1-10(27-9-20-14-12(27)15(28)26(3)18(29)25(14)2)13-22-16(19)24-17(23-13)21-11-7-5-4-6-8-11/h4-10H,1-3H3,(H3,19,21,22,23,24). The van der Waals surface area contributed by atoms with Crippen LogP contribution < -0.4 is 22.3 Å². The van der Waals surface area contributed by atoms with Crippen LogP contribution in [0.4, 0.5) is 17.6 Å². The number of para-hydroxylation sites is 1. The lowest BCUT2D eigenvalue weighted by Gasteiger charge is -2.15. The van der Waals surface area contributed by atoms with Gasteiger partial charge in [-0.15, -0.1) is 0 Å². The van der Waals surface area contributed by atoms with Gasteiger partial charge in [0.05, 0.1) is 12.4 Å². The minimum atomic E-state index is -0.480. The van der Waals surface area contributed by atoms with Crippen LogP contribution in [-0.2, 0) is 14.1 Å². The van der Waals surface area contributed by atoms with Gasteiger partial charge >= 0.3 is 5.69 Å². The number of hydrogen-bond donors (Lipinski definition) is 2. The molecule has 0 spiro atoms. The topological polar surface area (TPSA) is 139 Å². The Labute approximate surface area is 164 Å². The highest BCUT2D eigenvalue weighted by Crippen LogP contribution is 2.21. The van der Waals surface area contributed by atoms with Gasteiger partial charge in [-0.05, 0) is 19.1 Å². The van der Waals surface area contributed by atoms with Crippen molar-refractivity contribution in [1.82, 2.24) is 33.6 Å². The molecular weight excluding hydrogens is 374 g/mol. The molecule has 1 aromatic carbocycles. The zero-order chi connectivity index (χ0) is 20.7. The summed E-state index contributed by atoms with van der Waals surface area (Å²) in [4.78, 5) is 41.8. The van der Waals surface area contributed by atoms with Crippen LogP contribution in [0, 0.1) is 0 Å². The Morgan fingerprint density at radius 1 is 1.03 bits per heavy atom. The van der Waals surface area contributed by atoms with Gasteiger partial charge in [0.25, 0.3) is 5.56 Å². The molecule has 4 aromatic rings. The third kappa shape index (κ3) is 3.12. The van der Waals surface area contributed by atoms with Crippen LogP contribution in [0.25, 0.3) is 11.2 Å². The summed E-state index contributed by atoms with van der Waals surface area (Å²) in [7, 11) is 2.99. The van der Waals surface area contributed by atoms with E-state index in [2.05, 4.69) is 25.3 Å². The molecule has 3 N–H and O–H groups in total. The predicted octanol–water partition coefficient (Wildman–Crippen LogP) is 0.554. The minimum Gasteiger partial charge on any atom is -0.368 e. The van der Waals surface area contributed by atoms with Crippen LogP contribution in [0.15, 0.2) is 46.2 Å². The van der Waals surface area contributed by atoms with Crippen LogP contribution in [0.1, 0.15) is 18.8 Å². The Morgan fingerprint density at radius 2 is 1.76 bits per heavy atom. The Kier molecular flexibility index (Phi) is 4.34. The second-order valence-electron chi connectivity index (χ2n) is 6.57. The van der Waals surface area contributed by atoms with Crippen LogP contribution in [-0.4, -0.2) is 33.6 Å². The summed E-state index contributed by atoms with van der Waals surface area (Å²) in [5.41, 5.74) is 6.35. The number of benzene rings is 1. The first-order valence-corrected chi connectivity index (χ1v) is 8.83. The highest BCUT2D eigenvalue weighted by atomic mass is 16.2. The summed E-state index contributed by atoms with van der Waals surface area (Å²) in [5, 5.41) is 3.08. The van der Waals surface area contributed by atoms with Gasteiger partial charge in [0.2, 0.25) is 11.9 Å². The van der Waals surface area contributed by atoms with Crippen molar-refractivity contribution in [2.45, 2.75) is 13.0 Å². The maximum absolute atomic E-state index is 12.7. The van der Waals surface area contributed by atoms with Crippen molar-refractivity contribution in [3.05, 3.63) is 63.3 Å². The maximum atomic E-state index is 12.7. The van der Waals surface area contributed by atoms with E-state index in [0.29, 0.717) is 5.82 Å². The zero-order valence-corrected chi connectivity index (χ0v) is 16.1. The molecule has 0 fully saturated rings. The molecule has 29 heavy (non-hydrogen) atoms. The molecule has 0 aliphatic carbocycles. The summed E-state index contributed by atoms with van der Waals surface area (Å²) in [6.45, 7) is 1.81. The third-order valence-corrected chi connectivity index (χ3v) is 4.66. The molecule has 1 atom stereocenters. The molecule has 0 saturated carbocycles. The van der Waals surface area contributed by atoms with E-state index < -0.39 is 17.3 Å². The minimum absolute atomic E-state index is 0.0463. The molecule has 0 bridgehead atoms. The molecule has 0 radical (unpaired) electrons. The Morgan fingerprint density at radius 3 is 2.48 bits per heavy atom. The number of nitrogens with one attached hydrogen (secondary N) is 1. The maximum Gasteiger partial charge on any atom is 0.332 e. The van der Waals surface area contributed by atoms with Crippen molar-refractivity contribution in [1.29, 1.82) is 0 Å². The second kappa shape index (κ2) is 6.86. The number of aromatic nitrogens is 7. The van der Waals surface area contributed by atoms with Crippen molar-refractivity contribution in [3.63, 3.8) is 0 Å². The number of aryl methyl sites for hydroxylation is 1. The van der Waals surface area contributed by atoms with Crippen LogP contribution in [0.2, 0.25) is 0 Å². The fourth-order valence-electron chi connectivity index (χ4n) is 3.08. The van der Waals surface area contributed by atoms with Gasteiger partial charge in [0.15, 0.2) is 17.0 Å². The van der Waals surface area contributed by atoms with E-state index in [1.54, 1.807) is 11.6 Å². The number of nitrogen functional groups attached to an aromatic ring is 1. The Balaban J connectivity index is 1.80. The van der Waals surface area contributed by atoms with Crippen molar-refractivity contribution < 1.29 is 0 Å². The van der Waals surface area contributed by atoms with E-state index >= 15 is 0 Å². The molecule has 1 unspecified atom stereocenters. The third-order valence-electron chi connectivity index (χ3n) is 4.66. The SMILES string of the molecule is CC(c1nc(N)nc(Nc2ccccc2)n1)n1cnc2c1c(=O)n(C)c(=O)n2C. The number of hydrogen-bond acceptors (Lipinski definition) is 8. The van der Waals surface area contributed by atoms with Gasteiger partial charge in [-0.2, -0.15) is 15.0 Å². The van der Waals surface area contributed by atoms with Crippen LogP contribution >= 0.6 is 0 Å². The highest BCUT2D eigenvalue weighted by molar-refractivity contribution is 5.70. The molecule has 0 aliphatic heterocycles. The quantitative estimate of drug-likeness (QED) is 0.513. The van der Waals surface area contributed by atoms with Gasteiger partial charge in [0, 0.05) is 19.8 Å². The van der Waals surface area contributed by atoms with Crippen LogP contribution in [0.3, 0.4) is 0 Å². The van der Waals surface area contributed by atoms with Gasteiger partial charge in [-0.3, -0.25) is 13.9 Å². The zero-order valence-electron chi connectivity index (χ0n) is 16.1. The van der Waals surface area contributed by atoms with E-state index in [-0.39, 0.29) is 23.1 Å². The molecular formula is C18H19N9O2. The summed E-state index contributed by atoms with van der Waals surface area (Å²) in [6, 6.07) is 8.93. The number of rotatable bonds is 4. The fourth-order valence-corrected chi connectivity index (χ4v) is 3.08. The number of nitrogens with zero attached hydrogens (tertiary/aromatic N) is 7. The number of fused-ring (bicyclic) bond motifs is 1. The highest BCUT2D eigenvalue weighted by Gasteiger charge is 2.21. The van der Waals surface area contributed by atoms with Crippen molar-refractivity contribution in [2.75, 3.05) is 11.1 Å². The lowest BCUT2D eigenvalue weighted by molar-refractivity contribution is 0.607. The second-order valence-corrected chi connectivity index (χ2v) is 6.57. The molecule has 3 heterocycles. The first-order chi connectivity index (χ1) is 13.9. The van der Waals surface area contributed by atoms with Crippen molar-refractivity contribution in [2.24, 2.45) is 14.1 Å². The number of anilines is 3. The lowest BCUT2D eigenvalue weighted by Crippen LogP contribution is -2.37. The fraction of sp³-hybridized carbons (Fsp3) is 0.222. The lowest BCUT2D eigenvalue weighted by atomic mass is 10.3. The molecule has 11 nitrogen and oxygen atoms in total. The average Bonchev–Trinajstić information content (AvgIpc) is 3.15. The molecule has 4 rings (SSSR count). The molecule has 11 heteroatoms. The molecule has 0 saturated heterocycles. The normalized spacial score (nSPS) is 12.2. The monoisotopic (exact) mass is 393 g/mol. The summed E-state index contributed by atoms with van der Waals surface area (Å²) in [5.74, 6) is 0.686. The molecule has 0 amide bonds. The van der Waals surface area contributed by atoms with Gasteiger partial charge < -0.3 is 15.6 Å². The molecule has 0 aliphatic rings. The van der Waals surface area contributed by atoms with E-state index in [1.165, 1.54) is 17.9 Å². The molecule has 148 valence electrons. The van der Waals surface area contributed by atoms with Crippen molar-refractivity contribution >= 4 is 28.7 Å². The van der Waals surface area contributed by atoms with E-state index in [1.807, 2.05) is 37.3 Å². The number of imidazole rings is 1. The molecule has 3 aromatic heterocycles. The van der Waals surface area contributed by atoms with Crippen molar-refractivity contribution in [3.8, 4) is 0 Å². The summed E-state index contributed by atoms with van der Waals surface area (Å²) < 4.78 is 3.99. The smallest absolute Gasteiger partial charge is 0.332 e. The van der Waals surface area contributed by atoms with Crippen LogP contribution in [0.5, 0.6) is 0 Å². The first kappa shape index (κ1) is 18.3. The summed E-state index contributed by atoms with van der Waals surface area (Å²) in [6.07, 6.45) is 1.49.